The number of nitrogens with zero attached hydrogens (tertiary/aromatic N) is 1. The van der Waals surface area contributed by atoms with Gasteiger partial charge in [-0.3, -0.25) is 4.79 Å². The van der Waals surface area contributed by atoms with Crippen LogP contribution in [0.2, 0.25) is 0 Å². The number of carbonyl (C=O) groups excluding carboxylic acids is 1. The maximum atomic E-state index is 11.5. The molecule has 15 heavy (non-hydrogen) atoms. The predicted octanol–water partition coefficient (Wildman–Crippen LogP) is 2.03. The molecule has 1 aromatic rings. The third-order valence-electron chi connectivity index (χ3n) is 2.57. The molecule has 0 heterocycles. The first-order chi connectivity index (χ1) is 7.27. The molecule has 0 aromatic heterocycles. The van der Waals surface area contributed by atoms with E-state index in [1.165, 1.54) is 0 Å². The second-order valence-electron chi connectivity index (χ2n) is 3.76. The second-order valence-corrected chi connectivity index (χ2v) is 3.76. The van der Waals surface area contributed by atoms with E-state index in [4.69, 9.17) is 10.00 Å². The van der Waals surface area contributed by atoms with Crippen molar-refractivity contribution in [2.75, 3.05) is 0 Å². The van der Waals surface area contributed by atoms with E-state index < -0.39 is 5.41 Å². The third-order valence-corrected chi connectivity index (χ3v) is 2.57. The molecule has 0 N–H and O–H groups in total. The SMILES string of the molecule is N#CC1(C(=O)OCc2ccccc2)CC1. The summed E-state index contributed by atoms with van der Waals surface area (Å²) >= 11 is 0. The van der Waals surface area contributed by atoms with Crippen molar-refractivity contribution < 1.29 is 9.53 Å². The summed E-state index contributed by atoms with van der Waals surface area (Å²) in [5, 5.41) is 8.77. The van der Waals surface area contributed by atoms with Crippen molar-refractivity contribution in [3.8, 4) is 6.07 Å². The van der Waals surface area contributed by atoms with Crippen molar-refractivity contribution in [3.63, 3.8) is 0 Å². The summed E-state index contributed by atoms with van der Waals surface area (Å²) in [4.78, 5) is 11.5. The molecule has 0 bridgehead atoms. The molecule has 3 heteroatoms. The minimum Gasteiger partial charge on any atom is -0.460 e. The molecule has 1 saturated carbocycles. The van der Waals surface area contributed by atoms with Crippen LogP contribution in [-0.2, 0) is 16.1 Å². The van der Waals surface area contributed by atoms with Crippen LogP contribution in [0.25, 0.3) is 0 Å². The van der Waals surface area contributed by atoms with E-state index in [2.05, 4.69) is 0 Å². The Hall–Kier alpha value is -1.82. The summed E-state index contributed by atoms with van der Waals surface area (Å²) in [5.41, 5.74) is 0.119. The number of ether oxygens (including phenoxy) is 1. The van der Waals surface area contributed by atoms with Crippen LogP contribution in [0.4, 0.5) is 0 Å². The average Bonchev–Trinajstić information content (AvgIpc) is 3.08. The van der Waals surface area contributed by atoms with Crippen LogP contribution in [0.3, 0.4) is 0 Å². The molecule has 0 radical (unpaired) electrons. The van der Waals surface area contributed by atoms with E-state index in [9.17, 15) is 4.79 Å². The lowest BCUT2D eigenvalue weighted by atomic mass is 10.1. The number of esters is 1. The normalized spacial score (nSPS) is 16.5. The molecule has 3 nitrogen and oxygen atoms in total. The Balaban J connectivity index is 1.90. The Morgan fingerprint density at radius 3 is 2.60 bits per heavy atom. The summed E-state index contributed by atoms with van der Waals surface area (Å²) in [5.74, 6) is -0.381. The molecule has 1 aliphatic carbocycles. The van der Waals surface area contributed by atoms with Gasteiger partial charge in [0.05, 0.1) is 6.07 Å². The van der Waals surface area contributed by atoms with Gasteiger partial charge in [-0.2, -0.15) is 5.26 Å². The number of nitriles is 1. The predicted molar refractivity (Wildman–Crippen MR) is 53.5 cm³/mol. The van der Waals surface area contributed by atoms with Crippen LogP contribution in [-0.4, -0.2) is 5.97 Å². The Kier molecular flexibility index (Phi) is 2.42. The van der Waals surface area contributed by atoms with E-state index in [1.807, 2.05) is 36.4 Å². The fourth-order valence-corrected chi connectivity index (χ4v) is 1.35. The van der Waals surface area contributed by atoms with Crippen molar-refractivity contribution in [1.82, 2.24) is 0 Å². The van der Waals surface area contributed by atoms with Gasteiger partial charge in [-0.1, -0.05) is 30.3 Å². The van der Waals surface area contributed by atoms with Crippen LogP contribution in [0.5, 0.6) is 0 Å². The first kappa shape index (κ1) is 9.72. The van der Waals surface area contributed by atoms with Crippen molar-refractivity contribution in [2.24, 2.45) is 5.41 Å². The minimum absolute atomic E-state index is 0.253. The molecule has 2 rings (SSSR count). The van der Waals surface area contributed by atoms with Crippen LogP contribution in [0.1, 0.15) is 18.4 Å². The highest BCUT2D eigenvalue weighted by Crippen LogP contribution is 2.46. The molecular formula is C12H11NO2. The molecule has 0 atom stereocenters. The monoisotopic (exact) mass is 201 g/mol. The Morgan fingerprint density at radius 1 is 1.40 bits per heavy atom. The number of benzene rings is 1. The zero-order valence-corrected chi connectivity index (χ0v) is 8.27. The van der Waals surface area contributed by atoms with Crippen LogP contribution in [0, 0.1) is 16.7 Å². The lowest BCUT2D eigenvalue weighted by Crippen LogP contribution is -2.16. The van der Waals surface area contributed by atoms with Gasteiger partial charge in [-0.05, 0) is 18.4 Å². The van der Waals surface area contributed by atoms with Crippen molar-refractivity contribution >= 4 is 5.97 Å². The lowest BCUT2D eigenvalue weighted by Gasteiger charge is -2.06. The van der Waals surface area contributed by atoms with Crippen molar-refractivity contribution in [1.29, 1.82) is 5.26 Å². The van der Waals surface area contributed by atoms with Gasteiger partial charge in [-0.25, -0.2) is 0 Å². The molecule has 1 fully saturated rings. The van der Waals surface area contributed by atoms with Gasteiger partial charge < -0.3 is 4.74 Å². The highest BCUT2D eigenvalue weighted by molar-refractivity contribution is 5.83. The summed E-state index contributed by atoms with van der Waals surface area (Å²) < 4.78 is 5.08. The highest BCUT2D eigenvalue weighted by Gasteiger charge is 2.52. The van der Waals surface area contributed by atoms with E-state index in [0.29, 0.717) is 12.8 Å². The van der Waals surface area contributed by atoms with Gasteiger partial charge in [0.15, 0.2) is 5.41 Å². The van der Waals surface area contributed by atoms with Crippen LogP contribution in [0.15, 0.2) is 30.3 Å². The fraction of sp³-hybridized carbons (Fsp3) is 0.333. The smallest absolute Gasteiger partial charge is 0.326 e. The standard InChI is InChI=1S/C12H11NO2/c13-9-12(6-7-12)11(14)15-8-10-4-2-1-3-5-10/h1-5H,6-8H2. The molecular weight excluding hydrogens is 190 g/mol. The molecule has 0 aliphatic heterocycles. The quantitative estimate of drug-likeness (QED) is 0.703. The molecule has 0 saturated heterocycles. The number of hydrogen-bond donors (Lipinski definition) is 0. The van der Waals surface area contributed by atoms with E-state index in [1.54, 1.807) is 0 Å². The van der Waals surface area contributed by atoms with Gasteiger partial charge in [0.1, 0.15) is 6.61 Å². The zero-order valence-electron chi connectivity index (χ0n) is 8.27. The van der Waals surface area contributed by atoms with Crippen LogP contribution < -0.4 is 0 Å². The summed E-state index contributed by atoms with van der Waals surface area (Å²) in [6, 6.07) is 11.5. The topological polar surface area (TPSA) is 50.1 Å². The van der Waals surface area contributed by atoms with Crippen LogP contribution >= 0.6 is 0 Å². The summed E-state index contributed by atoms with van der Waals surface area (Å²) in [7, 11) is 0. The molecule has 0 unspecified atom stereocenters. The summed E-state index contributed by atoms with van der Waals surface area (Å²) in [6.07, 6.45) is 1.27. The Labute approximate surface area is 88.3 Å². The minimum atomic E-state index is -0.825. The molecule has 1 aliphatic rings. The number of hydrogen-bond acceptors (Lipinski definition) is 3. The van der Waals surface area contributed by atoms with Gasteiger partial charge >= 0.3 is 5.97 Å². The van der Waals surface area contributed by atoms with Crippen molar-refractivity contribution in [3.05, 3.63) is 35.9 Å². The van der Waals surface area contributed by atoms with Gasteiger partial charge in [0.2, 0.25) is 0 Å². The van der Waals surface area contributed by atoms with Gasteiger partial charge in [0.25, 0.3) is 0 Å². The van der Waals surface area contributed by atoms with Crippen molar-refractivity contribution in [2.45, 2.75) is 19.4 Å². The fourth-order valence-electron chi connectivity index (χ4n) is 1.35. The van der Waals surface area contributed by atoms with E-state index >= 15 is 0 Å². The average molecular weight is 201 g/mol. The maximum Gasteiger partial charge on any atom is 0.326 e. The zero-order chi connectivity index (χ0) is 10.7. The maximum absolute atomic E-state index is 11.5. The largest absolute Gasteiger partial charge is 0.460 e. The number of rotatable bonds is 3. The first-order valence-corrected chi connectivity index (χ1v) is 4.89. The van der Waals surface area contributed by atoms with E-state index in [-0.39, 0.29) is 12.6 Å². The molecule has 0 spiro atoms. The molecule has 1 aromatic carbocycles. The van der Waals surface area contributed by atoms with E-state index in [0.717, 1.165) is 5.56 Å². The molecule has 76 valence electrons. The third kappa shape index (κ3) is 1.99. The molecule has 0 amide bonds. The Morgan fingerprint density at radius 2 is 2.07 bits per heavy atom. The van der Waals surface area contributed by atoms with Gasteiger partial charge in [-0.15, -0.1) is 0 Å². The Bertz CT molecular complexity index is 401. The summed E-state index contributed by atoms with van der Waals surface area (Å²) in [6.45, 7) is 0.253. The number of carbonyl (C=O) groups is 1. The van der Waals surface area contributed by atoms with Gasteiger partial charge in [0, 0.05) is 0 Å². The second kappa shape index (κ2) is 3.74. The first-order valence-electron chi connectivity index (χ1n) is 4.89. The lowest BCUT2D eigenvalue weighted by molar-refractivity contribution is -0.149. The highest BCUT2D eigenvalue weighted by atomic mass is 16.5.